The van der Waals surface area contributed by atoms with E-state index in [0.717, 1.165) is 18.4 Å². The largest absolute Gasteiger partial charge is 0.339 e. The molecule has 1 aliphatic carbocycles. The van der Waals surface area contributed by atoms with Gasteiger partial charge in [0.1, 0.15) is 5.69 Å². The van der Waals surface area contributed by atoms with Crippen molar-refractivity contribution in [3.8, 4) is 0 Å². The van der Waals surface area contributed by atoms with E-state index in [1.807, 2.05) is 4.90 Å². The predicted molar refractivity (Wildman–Crippen MR) is 99.5 cm³/mol. The van der Waals surface area contributed by atoms with Gasteiger partial charge in [-0.05, 0) is 42.0 Å². The van der Waals surface area contributed by atoms with E-state index in [9.17, 15) is 14.4 Å². The fourth-order valence-corrected chi connectivity index (χ4v) is 3.81. The van der Waals surface area contributed by atoms with Crippen LogP contribution in [-0.2, 0) is 24.1 Å². The lowest BCUT2D eigenvalue weighted by molar-refractivity contribution is -0.131. The average Bonchev–Trinajstić information content (AvgIpc) is 3.16. The molecule has 2 aromatic rings. The Morgan fingerprint density at radius 1 is 0.963 bits per heavy atom. The first-order valence-corrected chi connectivity index (χ1v) is 9.33. The summed E-state index contributed by atoms with van der Waals surface area (Å²) in [6.45, 7) is 1.96. The summed E-state index contributed by atoms with van der Waals surface area (Å²) in [7, 11) is 0. The molecule has 7 heteroatoms. The van der Waals surface area contributed by atoms with Crippen molar-refractivity contribution in [2.75, 3.05) is 26.2 Å². The molecule has 2 amide bonds. The van der Waals surface area contributed by atoms with Crippen LogP contribution in [-0.4, -0.2) is 58.0 Å². The first-order valence-electron chi connectivity index (χ1n) is 9.33. The number of carbonyl (C=O) groups is 2. The number of aromatic nitrogens is 2. The Kier molecular flexibility index (Phi) is 4.75. The maximum atomic E-state index is 12.6. The number of fused-ring (bicyclic) bond motifs is 1. The molecule has 7 nitrogen and oxygen atoms in total. The number of carbonyl (C=O) groups excluding carboxylic acids is 2. The van der Waals surface area contributed by atoms with Crippen LogP contribution < -0.4 is 5.56 Å². The quantitative estimate of drug-likeness (QED) is 0.870. The minimum Gasteiger partial charge on any atom is -0.339 e. The topological polar surface area (TPSA) is 86.4 Å². The SMILES string of the molecule is O=C(Cc1ccc2c(c1)CCC2)N1CCN(C(=O)c2ccc(=O)[nH]n2)CC1. The van der Waals surface area contributed by atoms with Gasteiger partial charge in [-0.3, -0.25) is 14.4 Å². The summed E-state index contributed by atoms with van der Waals surface area (Å²) >= 11 is 0. The third-order valence-electron chi connectivity index (χ3n) is 5.34. The number of amides is 2. The monoisotopic (exact) mass is 366 g/mol. The van der Waals surface area contributed by atoms with E-state index in [4.69, 9.17) is 0 Å². The number of H-pyrrole nitrogens is 1. The maximum Gasteiger partial charge on any atom is 0.274 e. The number of rotatable bonds is 3. The fourth-order valence-electron chi connectivity index (χ4n) is 3.81. The van der Waals surface area contributed by atoms with Gasteiger partial charge in [0.25, 0.3) is 11.5 Å². The van der Waals surface area contributed by atoms with Crippen LogP contribution in [0.5, 0.6) is 0 Å². The molecule has 1 N–H and O–H groups in total. The van der Waals surface area contributed by atoms with Gasteiger partial charge in [0.2, 0.25) is 5.91 Å². The maximum absolute atomic E-state index is 12.6. The Labute approximate surface area is 157 Å². The van der Waals surface area contributed by atoms with Gasteiger partial charge in [-0.2, -0.15) is 5.10 Å². The number of hydrogen-bond acceptors (Lipinski definition) is 4. The van der Waals surface area contributed by atoms with Gasteiger partial charge in [-0.15, -0.1) is 0 Å². The fraction of sp³-hybridized carbons (Fsp3) is 0.400. The van der Waals surface area contributed by atoms with Gasteiger partial charge in [-0.25, -0.2) is 5.10 Å². The molecule has 0 atom stereocenters. The van der Waals surface area contributed by atoms with Gasteiger partial charge in [0, 0.05) is 32.2 Å². The molecular formula is C20H22N4O3. The van der Waals surface area contributed by atoms with Crippen molar-refractivity contribution in [1.82, 2.24) is 20.0 Å². The number of piperazine rings is 1. The van der Waals surface area contributed by atoms with E-state index >= 15 is 0 Å². The van der Waals surface area contributed by atoms with Crippen LogP contribution in [0.4, 0.5) is 0 Å². The van der Waals surface area contributed by atoms with Gasteiger partial charge in [-0.1, -0.05) is 18.2 Å². The molecule has 1 aromatic carbocycles. The smallest absolute Gasteiger partial charge is 0.274 e. The summed E-state index contributed by atoms with van der Waals surface area (Å²) in [5.41, 5.74) is 3.73. The summed E-state index contributed by atoms with van der Waals surface area (Å²) in [6, 6.07) is 9.09. The van der Waals surface area contributed by atoms with E-state index in [2.05, 4.69) is 28.4 Å². The molecule has 0 unspecified atom stereocenters. The standard InChI is InChI=1S/C20H22N4O3/c25-18-7-6-17(21-22-18)20(27)24-10-8-23(9-11-24)19(26)13-14-4-5-15-2-1-3-16(15)12-14/h4-7,12H,1-3,8-11,13H2,(H,22,25). The first kappa shape index (κ1) is 17.5. The molecule has 1 aliphatic heterocycles. The Balaban J connectivity index is 1.33. The van der Waals surface area contributed by atoms with Crippen LogP contribution in [0.15, 0.2) is 35.1 Å². The summed E-state index contributed by atoms with van der Waals surface area (Å²) < 4.78 is 0. The third kappa shape index (κ3) is 3.77. The zero-order valence-corrected chi connectivity index (χ0v) is 15.1. The lowest BCUT2D eigenvalue weighted by Crippen LogP contribution is -2.51. The highest BCUT2D eigenvalue weighted by Crippen LogP contribution is 2.23. The minimum atomic E-state index is -0.339. The highest BCUT2D eigenvalue weighted by atomic mass is 16.2. The van der Waals surface area contributed by atoms with Gasteiger partial charge in [0.05, 0.1) is 6.42 Å². The Morgan fingerprint density at radius 2 is 1.70 bits per heavy atom. The van der Waals surface area contributed by atoms with Crippen LogP contribution in [0.2, 0.25) is 0 Å². The summed E-state index contributed by atoms with van der Waals surface area (Å²) in [5.74, 6) is -0.126. The van der Waals surface area contributed by atoms with E-state index in [1.54, 1.807) is 4.90 Å². The lowest BCUT2D eigenvalue weighted by Gasteiger charge is -2.34. The van der Waals surface area contributed by atoms with E-state index in [1.165, 1.54) is 29.7 Å². The third-order valence-corrected chi connectivity index (χ3v) is 5.34. The van der Waals surface area contributed by atoms with Crippen LogP contribution >= 0.6 is 0 Å². The van der Waals surface area contributed by atoms with E-state index in [-0.39, 0.29) is 23.1 Å². The van der Waals surface area contributed by atoms with E-state index in [0.29, 0.717) is 32.6 Å². The number of aromatic amines is 1. The minimum absolute atomic E-state index is 0.0993. The molecule has 140 valence electrons. The number of hydrogen-bond donors (Lipinski definition) is 1. The van der Waals surface area contributed by atoms with Crippen molar-refractivity contribution in [3.63, 3.8) is 0 Å². The van der Waals surface area contributed by atoms with Crippen molar-refractivity contribution in [2.24, 2.45) is 0 Å². The molecule has 0 radical (unpaired) electrons. The zero-order chi connectivity index (χ0) is 18.8. The average molecular weight is 366 g/mol. The first-order chi connectivity index (χ1) is 13.1. The summed E-state index contributed by atoms with van der Waals surface area (Å²) in [6.07, 6.45) is 3.86. The Morgan fingerprint density at radius 3 is 2.44 bits per heavy atom. The zero-order valence-electron chi connectivity index (χ0n) is 15.1. The Hall–Kier alpha value is -2.96. The van der Waals surface area contributed by atoms with Crippen LogP contribution in [0.1, 0.15) is 33.6 Å². The molecular weight excluding hydrogens is 344 g/mol. The molecule has 2 aliphatic rings. The highest BCUT2D eigenvalue weighted by molar-refractivity contribution is 5.92. The molecule has 1 fully saturated rings. The molecule has 27 heavy (non-hydrogen) atoms. The second-order valence-electron chi connectivity index (χ2n) is 7.11. The van der Waals surface area contributed by atoms with Crippen molar-refractivity contribution in [1.29, 1.82) is 0 Å². The van der Waals surface area contributed by atoms with Crippen LogP contribution in [0, 0.1) is 0 Å². The summed E-state index contributed by atoms with van der Waals surface area (Å²) in [4.78, 5) is 39.6. The second-order valence-corrected chi connectivity index (χ2v) is 7.11. The van der Waals surface area contributed by atoms with Crippen molar-refractivity contribution in [2.45, 2.75) is 25.7 Å². The van der Waals surface area contributed by atoms with E-state index < -0.39 is 0 Å². The number of aryl methyl sites for hydroxylation is 2. The Bertz CT molecular complexity index is 909. The number of nitrogens with one attached hydrogen (secondary N) is 1. The van der Waals surface area contributed by atoms with Crippen molar-refractivity contribution >= 4 is 11.8 Å². The lowest BCUT2D eigenvalue weighted by atomic mass is 10.0. The van der Waals surface area contributed by atoms with Crippen LogP contribution in [0.25, 0.3) is 0 Å². The molecule has 0 spiro atoms. The number of benzene rings is 1. The number of nitrogens with zero attached hydrogens (tertiary/aromatic N) is 3. The molecule has 4 rings (SSSR count). The highest BCUT2D eigenvalue weighted by Gasteiger charge is 2.25. The normalized spacial score (nSPS) is 16.3. The second kappa shape index (κ2) is 7.34. The van der Waals surface area contributed by atoms with Gasteiger partial charge < -0.3 is 9.80 Å². The van der Waals surface area contributed by atoms with Crippen LogP contribution in [0.3, 0.4) is 0 Å². The predicted octanol–water partition coefficient (Wildman–Crippen LogP) is 0.786. The molecule has 1 saturated heterocycles. The molecule has 1 aromatic heterocycles. The van der Waals surface area contributed by atoms with Crippen molar-refractivity contribution < 1.29 is 9.59 Å². The van der Waals surface area contributed by atoms with Gasteiger partial charge in [0.15, 0.2) is 0 Å². The molecule has 2 heterocycles. The van der Waals surface area contributed by atoms with Crippen molar-refractivity contribution in [3.05, 3.63) is 63.1 Å². The van der Waals surface area contributed by atoms with Gasteiger partial charge >= 0.3 is 0 Å². The molecule has 0 saturated carbocycles. The molecule has 0 bridgehead atoms. The summed E-state index contributed by atoms with van der Waals surface area (Å²) in [5, 5.41) is 6.06.